The fourth-order valence-corrected chi connectivity index (χ4v) is 3.05. The van der Waals surface area contributed by atoms with E-state index in [-0.39, 0.29) is 11.8 Å². The zero-order chi connectivity index (χ0) is 18.1. The molecule has 1 aromatic carbocycles. The molecule has 0 atom stereocenters. The Morgan fingerprint density at radius 1 is 1.08 bits per heavy atom. The van der Waals surface area contributed by atoms with Crippen molar-refractivity contribution in [3.8, 4) is 5.75 Å². The van der Waals surface area contributed by atoms with Crippen molar-refractivity contribution in [2.75, 3.05) is 19.7 Å². The summed E-state index contributed by atoms with van der Waals surface area (Å²) < 4.78 is 5.65. The molecule has 0 saturated heterocycles. The number of benzene rings is 1. The number of hydrogen-bond acceptors (Lipinski definition) is 4. The number of carbonyl (C=O) groups excluding carboxylic acids is 2. The molecule has 0 aliphatic carbocycles. The van der Waals surface area contributed by atoms with Crippen LogP contribution in [0.2, 0.25) is 0 Å². The van der Waals surface area contributed by atoms with Gasteiger partial charge in [-0.3, -0.25) is 9.59 Å². The van der Waals surface area contributed by atoms with Gasteiger partial charge < -0.3 is 15.4 Å². The monoisotopic (exact) mass is 360 g/mol. The first-order valence-electron chi connectivity index (χ1n) is 8.34. The summed E-state index contributed by atoms with van der Waals surface area (Å²) in [7, 11) is 0. The third kappa shape index (κ3) is 6.97. The van der Waals surface area contributed by atoms with Crippen LogP contribution in [0, 0.1) is 13.8 Å². The van der Waals surface area contributed by atoms with Gasteiger partial charge in [-0.05, 0) is 55.0 Å². The van der Waals surface area contributed by atoms with Gasteiger partial charge in [-0.2, -0.15) is 0 Å². The SMILES string of the molecule is Cc1cc(C)cc(OCCNC(=O)CCCNC(=O)c2cccs2)c1. The van der Waals surface area contributed by atoms with Gasteiger partial charge in [0, 0.05) is 13.0 Å². The van der Waals surface area contributed by atoms with Crippen LogP contribution < -0.4 is 15.4 Å². The molecule has 2 rings (SSSR count). The zero-order valence-electron chi connectivity index (χ0n) is 14.6. The second kappa shape index (κ2) is 9.84. The van der Waals surface area contributed by atoms with Crippen LogP contribution in [-0.4, -0.2) is 31.5 Å². The first kappa shape index (κ1) is 19.0. The fraction of sp³-hybridized carbons (Fsp3) is 0.368. The lowest BCUT2D eigenvalue weighted by atomic mass is 10.1. The summed E-state index contributed by atoms with van der Waals surface area (Å²) in [6.45, 7) is 5.44. The first-order chi connectivity index (χ1) is 12.0. The van der Waals surface area contributed by atoms with Crippen molar-refractivity contribution in [3.05, 3.63) is 51.7 Å². The minimum atomic E-state index is -0.0859. The van der Waals surface area contributed by atoms with E-state index < -0.39 is 0 Å². The van der Waals surface area contributed by atoms with Crippen LogP contribution in [0.3, 0.4) is 0 Å². The van der Waals surface area contributed by atoms with Gasteiger partial charge in [0.05, 0.1) is 11.4 Å². The second-order valence-electron chi connectivity index (χ2n) is 5.86. The van der Waals surface area contributed by atoms with E-state index in [1.807, 2.05) is 37.4 Å². The number of carbonyl (C=O) groups is 2. The predicted octanol–water partition coefficient (Wildman–Crippen LogP) is 3.07. The summed E-state index contributed by atoms with van der Waals surface area (Å²) in [5.41, 5.74) is 2.31. The number of nitrogens with one attached hydrogen (secondary N) is 2. The van der Waals surface area contributed by atoms with Gasteiger partial charge in [-0.1, -0.05) is 12.1 Å². The molecule has 6 heteroatoms. The highest BCUT2D eigenvalue weighted by Gasteiger charge is 2.06. The zero-order valence-corrected chi connectivity index (χ0v) is 15.4. The van der Waals surface area contributed by atoms with Crippen molar-refractivity contribution in [1.82, 2.24) is 10.6 Å². The minimum absolute atomic E-state index is 0.0330. The number of amides is 2. The van der Waals surface area contributed by atoms with Gasteiger partial charge >= 0.3 is 0 Å². The molecule has 1 aromatic heterocycles. The Morgan fingerprint density at radius 2 is 1.84 bits per heavy atom. The molecule has 0 aliphatic heterocycles. The maximum atomic E-state index is 11.8. The molecule has 134 valence electrons. The topological polar surface area (TPSA) is 67.4 Å². The van der Waals surface area contributed by atoms with E-state index in [9.17, 15) is 9.59 Å². The van der Waals surface area contributed by atoms with E-state index in [1.54, 1.807) is 6.07 Å². The average Bonchev–Trinajstić information content (AvgIpc) is 3.09. The number of ether oxygens (including phenoxy) is 1. The fourth-order valence-electron chi connectivity index (χ4n) is 2.41. The Bertz CT molecular complexity index is 678. The Labute approximate surface area is 152 Å². The summed E-state index contributed by atoms with van der Waals surface area (Å²) in [6, 6.07) is 9.66. The lowest BCUT2D eigenvalue weighted by Crippen LogP contribution is -2.29. The Hall–Kier alpha value is -2.34. The van der Waals surface area contributed by atoms with Crippen LogP contribution >= 0.6 is 11.3 Å². The van der Waals surface area contributed by atoms with E-state index in [1.165, 1.54) is 11.3 Å². The molecule has 0 unspecified atom stereocenters. The molecule has 0 fully saturated rings. The van der Waals surface area contributed by atoms with Gasteiger partial charge in [0.1, 0.15) is 12.4 Å². The largest absolute Gasteiger partial charge is 0.492 e. The summed E-state index contributed by atoms with van der Waals surface area (Å²) >= 11 is 1.40. The van der Waals surface area contributed by atoms with Crippen molar-refractivity contribution in [3.63, 3.8) is 0 Å². The highest BCUT2D eigenvalue weighted by molar-refractivity contribution is 7.12. The van der Waals surface area contributed by atoms with E-state index in [0.717, 1.165) is 16.9 Å². The molecule has 0 spiro atoms. The van der Waals surface area contributed by atoms with Crippen LogP contribution in [0.25, 0.3) is 0 Å². The van der Waals surface area contributed by atoms with E-state index in [4.69, 9.17) is 4.74 Å². The quantitative estimate of drug-likeness (QED) is 0.676. The van der Waals surface area contributed by atoms with E-state index in [0.29, 0.717) is 37.4 Å². The maximum absolute atomic E-state index is 11.8. The lowest BCUT2D eigenvalue weighted by molar-refractivity contribution is -0.121. The highest BCUT2D eigenvalue weighted by atomic mass is 32.1. The van der Waals surface area contributed by atoms with E-state index in [2.05, 4.69) is 16.7 Å². The molecule has 0 saturated carbocycles. The van der Waals surface area contributed by atoms with Crippen LogP contribution in [0.4, 0.5) is 0 Å². The third-order valence-corrected chi connectivity index (χ3v) is 4.37. The van der Waals surface area contributed by atoms with Crippen molar-refractivity contribution in [2.24, 2.45) is 0 Å². The standard InChI is InChI=1S/C19H24N2O3S/c1-14-11-15(2)13-16(12-14)24-9-8-20-18(22)6-3-7-21-19(23)17-5-4-10-25-17/h4-5,10-13H,3,6-9H2,1-2H3,(H,20,22)(H,21,23). The van der Waals surface area contributed by atoms with Gasteiger partial charge in [0.2, 0.25) is 5.91 Å². The summed E-state index contributed by atoms with van der Waals surface area (Å²) in [5.74, 6) is 0.703. The molecule has 2 aromatic rings. The summed E-state index contributed by atoms with van der Waals surface area (Å²) in [4.78, 5) is 24.2. The van der Waals surface area contributed by atoms with Gasteiger partial charge in [-0.25, -0.2) is 0 Å². The molecule has 2 N–H and O–H groups in total. The Kier molecular flexibility index (Phi) is 7.47. The van der Waals surface area contributed by atoms with Crippen LogP contribution in [0.5, 0.6) is 5.75 Å². The molecule has 0 radical (unpaired) electrons. The Balaban J connectivity index is 1.54. The molecular weight excluding hydrogens is 336 g/mol. The number of thiophene rings is 1. The molecule has 0 aliphatic rings. The maximum Gasteiger partial charge on any atom is 0.261 e. The minimum Gasteiger partial charge on any atom is -0.492 e. The number of aryl methyl sites for hydroxylation is 2. The van der Waals surface area contributed by atoms with Crippen molar-refractivity contribution in [2.45, 2.75) is 26.7 Å². The van der Waals surface area contributed by atoms with Crippen molar-refractivity contribution in [1.29, 1.82) is 0 Å². The predicted molar refractivity (Wildman–Crippen MR) is 100 cm³/mol. The van der Waals surface area contributed by atoms with Gasteiger partial charge in [-0.15, -0.1) is 11.3 Å². The Morgan fingerprint density at radius 3 is 2.52 bits per heavy atom. The molecular formula is C19H24N2O3S. The van der Waals surface area contributed by atoms with Crippen LogP contribution in [0.1, 0.15) is 33.6 Å². The molecule has 0 bridgehead atoms. The summed E-state index contributed by atoms with van der Waals surface area (Å²) in [6.07, 6.45) is 0.995. The smallest absolute Gasteiger partial charge is 0.261 e. The van der Waals surface area contributed by atoms with Crippen LogP contribution in [-0.2, 0) is 4.79 Å². The highest BCUT2D eigenvalue weighted by Crippen LogP contribution is 2.15. The number of rotatable bonds is 9. The molecule has 5 nitrogen and oxygen atoms in total. The molecule has 1 heterocycles. The second-order valence-corrected chi connectivity index (χ2v) is 6.81. The number of hydrogen-bond donors (Lipinski definition) is 2. The van der Waals surface area contributed by atoms with Crippen LogP contribution in [0.15, 0.2) is 35.7 Å². The third-order valence-electron chi connectivity index (χ3n) is 3.50. The van der Waals surface area contributed by atoms with E-state index >= 15 is 0 Å². The van der Waals surface area contributed by atoms with Gasteiger partial charge in [0.25, 0.3) is 5.91 Å². The molecule has 2 amide bonds. The lowest BCUT2D eigenvalue weighted by Gasteiger charge is -2.09. The average molecular weight is 360 g/mol. The normalized spacial score (nSPS) is 10.3. The summed E-state index contributed by atoms with van der Waals surface area (Å²) in [5, 5.41) is 7.49. The van der Waals surface area contributed by atoms with Gasteiger partial charge in [0.15, 0.2) is 0 Å². The first-order valence-corrected chi connectivity index (χ1v) is 9.22. The molecule has 25 heavy (non-hydrogen) atoms. The van der Waals surface area contributed by atoms with Crippen molar-refractivity contribution < 1.29 is 14.3 Å². The van der Waals surface area contributed by atoms with Crippen molar-refractivity contribution >= 4 is 23.2 Å².